The summed E-state index contributed by atoms with van der Waals surface area (Å²) in [6.45, 7) is 2.05. The highest BCUT2D eigenvalue weighted by atomic mass is 35.5. The highest BCUT2D eigenvalue weighted by Gasteiger charge is 2.17. The molecule has 0 saturated carbocycles. The Balaban J connectivity index is 2.03. The fourth-order valence-electron chi connectivity index (χ4n) is 2.41. The third-order valence-electron chi connectivity index (χ3n) is 3.59. The molecule has 2 aromatic carbocycles. The van der Waals surface area contributed by atoms with Crippen LogP contribution in [0.1, 0.15) is 29.0 Å². The minimum absolute atomic E-state index is 0.0725. The van der Waals surface area contributed by atoms with Crippen molar-refractivity contribution in [1.29, 1.82) is 0 Å². The fourth-order valence-corrected chi connectivity index (χ4v) is 4.42. The molecule has 3 aromatic rings. The van der Waals surface area contributed by atoms with E-state index in [1.807, 2.05) is 37.3 Å². The Labute approximate surface area is 143 Å². The lowest BCUT2D eigenvalue weighted by Gasteiger charge is -2.08. The van der Waals surface area contributed by atoms with Crippen molar-refractivity contribution < 1.29 is 13.0 Å². The molecule has 1 N–H and O–H groups in total. The number of aromatic nitrogens is 1. The molecular formula is C16H14ClNO3S2. The lowest BCUT2D eigenvalue weighted by molar-refractivity contribution is 0.482. The molecule has 0 aliphatic carbocycles. The first kappa shape index (κ1) is 16.4. The van der Waals surface area contributed by atoms with Crippen LogP contribution in [0.4, 0.5) is 0 Å². The van der Waals surface area contributed by atoms with Gasteiger partial charge in [0.1, 0.15) is 10.8 Å². The Bertz CT molecular complexity index is 949. The zero-order valence-electron chi connectivity index (χ0n) is 12.2. The second-order valence-electron chi connectivity index (χ2n) is 5.32. The van der Waals surface area contributed by atoms with Gasteiger partial charge in [-0.25, -0.2) is 4.98 Å². The van der Waals surface area contributed by atoms with Gasteiger partial charge < -0.3 is 0 Å². The van der Waals surface area contributed by atoms with Gasteiger partial charge in [0.2, 0.25) is 0 Å². The van der Waals surface area contributed by atoms with Crippen LogP contribution < -0.4 is 0 Å². The van der Waals surface area contributed by atoms with E-state index >= 15 is 0 Å². The number of halogens is 1. The SMILES string of the molecule is CC(c1ccc(Cl)cc1)c1nc2cccc(CS(=O)(=O)O)c2s1. The van der Waals surface area contributed by atoms with Gasteiger partial charge in [-0.3, -0.25) is 4.55 Å². The Hall–Kier alpha value is -1.47. The van der Waals surface area contributed by atoms with E-state index in [4.69, 9.17) is 16.2 Å². The minimum Gasteiger partial charge on any atom is -0.285 e. The Morgan fingerprint density at radius 2 is 1.91 bits per heavy atom. The van der Waals surface area contributed by atoms with Gasteiger partial charge >= 0.3 is 0 Å². The predicted octanol–water partition coefficient (Wildman–Crippen LogP) is 4.49. The first-order valence-corrected chi connectivity index (χ1v) is 9.73. The zero-order valence-corrected chi connectivity index (χ0v) is 14.6. The number of fused-ring (bicyclic) bond motifs is 1. The number of rotatable bonds is 4. The molecule has 0 spiro atoms. The molecule has 4 nitrogen and oxygen atoms in total. The van der Waals surface area contributed by atoms with Crippen LogP contribution in [0.25, 0.3) is 10.2 Å². The topological polar surface area (TPSA) is 67.3 Å². The summed E-state index contributed by atoms with van der Waals surface area (Å²) >= 11 is 7.37. The van der Waals surface area contributed by atoms with E-state index in [0.29, 0.717) is 10.6 Å². The molecule has 0 radical (unpaired) electrons. The number of nitrogens with zero attached hydrogens (tertiary/aromatic N) is 1. The maximum Gasteiger partial charge on any atom is 0.269 e. The Kier molecular flexibility index (Phi) is 4.42. The number of thiazole rings is 1. The van der Waals surface area contributed by atoms with Gasteiger partial charge in [0.05, 0.1) is 10.2 Å². The molecule has 1 unspecified atom stereocenters. The highest BCUT2D eigenvalue weighted by molar-refractivity contribution is 7.85. The van der Waals surface area contributed by atoms with Crippen LogP contribution in [0.5, 0.6) is 0 Å². The summed E-state index contributed by atoms with van der Waals surface area (Å²) in [5.74, 6) is -0.329. The van der Waals surface area contributed by atoms with Gasteiger partial charge in [-0.1, -0.05) is 42.8 Å². The lowest BCUT2D eigenvalue weighted by atomic mass is 10.0. The van der Waals surface area contributed by atoms with Crippen molar-refractivity contribution in [3.05, 3.63) is 63.6 Å². The maximum atomic E-state index is 11.2. The van der Waals surface area contributed by atoms with Crippen molar-refractivity contribution >= 4 is 43.3 Å². The second kappa shape index (κ2) is 6.20. The molecule has 23 heavy (non-hydrogen) atoms. The van der Waals surface area contributed by atoms with Crippen LogP contribution in [0.15, 0.2) is 42.5 Å². The molecule has 0 saturated heterocycles. The van der Waals surface area contributed by atoms with Gasteiger partial charge in [0.25, 0.3) is 10.1 Å². The molecule has 1 atom stereocenters. The predicted molar refractivity (Wildman–Crippen MR) is 93.8 cm³/mol. The van der Waals surface area contributed by atoms with E-state index in [9.17, 15) is 8.42 Å². The summed E-state index contributed by atoms with van der Waals surface area (Å²) in [5, 5.41) is 1.57. The normalized spacial score (nSPS) is 13.3. The lowest BCUT2D eigenvalue weighted by Crippen LogP contribution is -2.01. The van der Waals surface area contributed by atoms with Crippen LogP contribution in [-0.4, -0.2) is 18.0 Å². The summed E-state index contributed by atoms with van der Waals surface area (Å²) in [4.78, 5) is 4.61. The second-order valence-corrected chi connectivity index (χ2v) is 8.24. The Morgan fingerprint density at radius 3 is 2.57 bits per heavy atom. The summed E-state index contributed by atoms with van der Waals surface area (Å²) in [5.41, 5.74) is 2.40. The van der Waals surface area contributed by atoms with E-state index in [1.54, 1.807) is 12.1 Å². The molecule has 7 heteroatoms. The van der Waals surface area contributed by atoms with Gasteiger partial charge in [0, 0.05) is 10.9 Å². The summed E-state index contributed by atoms with van der Waals surface area (Å²) in [6.07, 6.45) is 0. The quantitative estimate of drug-likeness (QED) is 0.690. The van der Waals surface area contributed by atoms with Gasteiger partial charge in [-0.15, -0.1) is 11.3 Å². The molecule has 3 rings (SSSR count). The molecular weight excluding hydrogens is 354 g/mol. The number of hydrogen-bond acceptors (Lipinski definition) is 4. The molecule has 0 amide bonds. The fraction of sp³-hybridized carbons (Fsp3) is 0.188. The molecule has 0 fully saturated rings. The number of hydrogen-bond donors (Lipinski definition) is 1. The van der Waals surface area contributed by atoms with Gasteiger partial charge in [-0.2, -0.15) is 8.42 Å². The van der Waals surface area contributed by atoms with E-state index in [-0.39, 0.29) is 5.92 Å². The number of benzene rings is 2. The van der Waals surface area contributed by atoms with Crippen molar-refractivity contribution in [3.8, 4) is 0 Å². The molecule has 0 aliphatic rings. The van der Waals surface area contributed by atoms with Crippen molar-refractivity contribution in [2.45, 2.75) is 18.6 Å². The Morgan fingerprint density at radius 1 is 1.22 bits per heavy atom. The molecule has 1 heterocycles. The third kappa shape index (κ3) is 3.72. The minimum atomic E-state index is -4.07. The van der Waals surface area contributed by atoms with E-state index in [1.165, 1.54) is 11.3 Å². The first-order valence-electron chi connectivity index (χ1n) is 6.92. The summed E-state index contributed by atoms with van der Waals surface area (Å²) < 4.78 is 32.2. The largest absolute Gasteiger partial charge is 0.285 e. The zero-order chi connectivity index (χ0) is 16.6. The summed E-state index contributed by atoms with van der Waals surface area (Å²) in [7, 11) is -4.07. The molecule has 120 valence electrons. The average Bonchev–Trinajstić information content (AvgIpc) is 2.91. The van der Waals surface area contributed by atoms with Gasteiger partial charge in [0.15, 0.2) is 0 Å². The van der Waals surface area contributed by atoms with Crippen molar-refractivity contribution in [3.63, 3.8) is 0 Å². The van der Waals surface area contributed by atoms with Crippen LogP contribution >= 0.6 is 22.9 Å². The third-order valence-corrected chi connectivity index (χ3v) is 5.85. The van der Waals surface area contributed by atoms with E-state index in [2.05, 4.69) is 4.98 Å². The van der Waals surface area contributed by atoms with Crippen LogP contribution in [0.2, 0.25) is 5.02 Å². The van der Waals surface area contributed by atoms with Crippen molar-refractivity contribution in [2.75, 3.05) is 0 Å². The maximum absolute atomic E-state index is 11.2. The molecule has 0 bridgehead atoms. The summed E-state index contributed by atoms with van der Waals surface area (Å²) in [6, 6.07) is 12.9. The highest BCUT2D eigenvalue weighted by Crippen LogP contribution is 2.34. The van der Waals surface area contributed by atoms with Gasteiger partial charge in [-0.05, 0) is 29.3 Å². The van der Waals surface area contributed by atoms with Crippen LogP contribution in [0.3, 0.4) is 0 Å². The monoisotopic (exact) mass is 367 g/mol. The van der Waals surface area contributed by atoms with E-state index in [0.717, 1.165) is 20.8 Å². The first-order chi connectivity index (χ1) is 10.8. The molecule has 1 aromatic heterocycles. The van der Waals surface area contributed by atoms with Crippen molar-refractivity contribution in [1.82, 2.24) is 4.98 Å². The van der Waals surface area contributed by atoms with Crippen LogP contribution in [0, 0.1) is 0 Å². The molecule has 0 aliphatic heterocycles. The van der Waals surface area contributed by atoms with E-state index < -0.39 is 15.9 Å². The average molecular weight is 368 g/mol. The standard InChI is InChI=1S/C16H14ClNO3S2/c1-10(11-5-7-13(17)8-6-11)16-18-14-4-2-3-12(15(14)22-16)9-23(19,20)21/h2-8,10H,9H2,1H3,(H,19,20,21). The smallest absolute Gasteiger partial charge is 0.269 e. The van der Waals surface area contributed by atoms with Crippen molar-refractivity contribution in [2.24, 2.45) is 0 Å². The van der Waals surface area contributed by atoms with Crippen LogP contribution in [-0.2, 0) is 15.9 Å².